The van der Waals surface area contributed by atoms with Crippen molar-refractivity contribution in [1.82, 2.24) is 9.88 Å². The fourth-order valence-corrected chi connectivity index (χ4v) is 3.27. The molecule has 2 amide bonds. The van der Waals surface area contributed by atoms with Crippen molar-refractivity contribution in [3.05, 3.63) is 11.1 Å². The van der Waals surface area contributed by atoms with Crippen LogP contribution in [0.2, 0.25) is 0 Å². The normalized spacial score (nSPS) is 17.3. The van der Waals surface area contributed by atoms with Gasteiger partial charge >= 0.3 is 0 Å². The summed E-state index contributed by atoms with van der Waals surface area (Å²) in [6, 6.07) is 0.148. The number of hydrogen-bond donors (Lipinski definition) is 2. The first-order valence-corrected chi connectivity index (χ1v) is 8.94. The standard InChI is InChI=1S/C16H26N4O2S.2ClH/c1-16(2,3)14(22)19-15-18-11(10-23-15)8-13(21)20-7-5-4-6-12(20)9-17;;/h10,12H,4-9,17H2,1-3H3,(H,18,19,22);2*1H. The zero-order valence-electron chi connectivity index (χ0n) is 14.9. The molecule has 2 rings (SSSR count). The van der Waals surface area contributed by atoms with Crippen LogP contribution in [-0.4, -0.2) is 40.8 Å². The zero-order valence-corrected chi connectivity index (χ0v) is 17.4. The van der Waals surface area contributed by atoms with Crippen molar-refractivity contribution in [3.63, 3.8) is 0 Å². The van der Waals surface area contributed by atoms with Crippen molar-refractivity contribution in [2.75, 3.05) is 18.4 Å². The summed E-state index contributed by atoms with van der Waals surface area (Å²) in [7, 11) is 0. The maximum atomic E-state index is 12.5. The minimum absolute atomic E-state index is 0. The number of thiazole rings is 1. The minimum atomic E-state index is -0.468. The summed E-state index contributed by atoms with van der Waals surface area (Å²) >= 11 is 1.35. The highest BCUT2D eigenvalue weighted by Crippen LogP contribution is 2.22. The van der Waals surface area contributed by atoms with Crippen molar-refractivity contribution >= 4 is 53.1 Å². The van der Waals surface area contributed by atoms with E-state index >= 15 is 0 Å². The Bertz CT molecular complexity index is 575. The molecule has 144 valence electrons. The van der Waals surface area contributed by atoms with Crippen molar-refractivity contribution in [3.8, 4) is 0 Å². The lowest BCUT2D eigenvalue weighted by atomic mass is 9.96. The molecule has 1 aromatic rings. The summed E-state index contributed by atoms with van der Waals surface area (Å²) in [6.45, 7) is 6.84. The molecular weight excluding hydrogens is 383 g/mol. The molecule has 1 fully saturated rings. The van der Waals surface area contributed by atoms with Gasteiger partial charge in [0.25, 0.3) is 0 Å². The van der Waals surface area contributed by atoms with E-state index in [4.69, 9.17) is 5.73 Å². The molecular formula is C16H28Cl2N4O2S. The van der Waals surface area contributed by atoms with Crippen LogP contribution >= 0.6 is 36.2 Å². The second-order valence-corrected chi connectivity index (χ2v) is 7.86. The quantitative estimate of drug-likeness (QED) is 0.798. The average Bonchev–Trinajstić information content (AvgIpc) is 2.93. The maximum Gasteiger partial charge on any atom is 0.231 e. The fraction of sp³-hybridized carbons (Fsp3) is 0.688. The van der Waals surface area contributed by atoms with Crippen LogP contribution in [-0.2, 0) is 16.0 Å². The van der Waals surface area contributed by atoms with Gasteiger partial charge in [0.2, 0.25) is 11.8 Å². The third-order valence-electron chi connectivity index (χ3n) is 4.01. The van der Waals surface area contributed by atoms with Crippen LogP contribution in [0.3, 0.4) is 0 Å². The Morgan fingerprint density at radius 1 is 1.36 bits per heavy atom. The maximum absolute atomic E-state index is 12.5. The molecule has 0 radical (unpaired) electrons. The van der Waals surface area contributed by atoms with E-state index in [0.717, 1.165) is 25.8 Å². The molecule has 9 heteroatoms. The predicted molar refractivity (Wildman–Crippen MR) is 107 cm³/mol. The topological polar surface area (TPSA) is 88.3 Å². The summed E-state index contributed by atoms with van der Waals surface area (Å²) in [5, 5.41) is 5.17. The van der Waals surface area contributed by atoms with Crippen LogP contribution in [0.4, 0.5) is 5.13 Å². The number of rotatable bonds is 4. The third-order valence-corrected chi connectivity index (χ3v) is 4.81. The molecule has 1 unspecified atom stereocenters. The molecule has 1 saturated heterocycles. The fourth-order valence-electron chi connectivity index (χ4n) is 2.56. The van der Waals surface area contributed by atoms with Gasteiger partial charge in [0.15, 0.2) is 5.13 Å². The van der Waals surface area contributed by atoms with Crippen LogP contribution in [0.25, 0.3) is 0 Å². The lowest BCUT2D eigenvalue weighted by Gasteiger charge is -2.35. The summed E-state index contributed by atoms with van der Waals surface area (Å²) in [6.07, 6.45) is 3.40. The summed E-state index contributed by atoms with van der Waals surface area (Å²) in [5.41, 5.74) is 6.00. The molecule has 6 nitrogen and oxygen atoms in total. The zero-order chi connectivity index (χ0) is 17.0. The smallest absolute Gasteiger partial charge is 0.231 e. The third kappa shape index (κ3) is 6.73. The number of carbonyl (C=O) groups is 2. The number of anilines is 1. The lowest BCUT2D eigenvalue weighted by molar-refractivity contribution is -0.134. The van der Waals surface area contributed by atoms with Crippen LogP contribution < -0.4 is 11.1 Å². The van der Waals surface area contributed by atoms with Crippen molar-refractivity contribution in [2.24, 2.45) is 11.1 Å². The number of amides is 2. The van der Waals surface area contributed by atoms with Gasteiger partial charge < -0.3 is 16.0 Å². The van der Waals surface area contributed by atoms with Crippen molar-refractivity contribution in [1.29, 1.82) is 0 Å². The van der Waals surface area contributed by atoms with Gasteiger partial charge in [0.05, 0.1) is 12.1 Å². The van der Waals surface area contributed by atoms with E-state index < -0.39 is 5.41 Å². The molecule has 1 aliphatic heterocycles. The number of hydrogen-bond acceptors (Lipinski definition) is 5. The second-order valence-electron chi connectivity index (χ2n) is 7.00. The number of aromatic nitrogens is 1. The molecule has 25 heavy (non-hydrogen) atoms. The average molecular weight is 411 g/mol. The van der Waals surface area contributed by atoms with E-state index in [-0.39, 0.29) is 49.1 Å². The van der Waals surface area contributed by atoms with E-state index in [0.29, 0.717) is 17.4 Å². The number of likely N-dealkylation sites (tertiary alicyclic amines) is 1. The molecule has 0 aromatic carbocycles. The van der Waals surface area contributed by atoms with Gasteiger partial charge in [-0.3, -0.25) is 9.59 Å². The number of nitrogens with one attached hydrogen (secondary N) is 1. The van der Waals surface area contributed by atoms with Crippen LogP contribution in [0.1, 0.15) is 45.7 Å². The molecule has 2 heterocycles. The Morgan fingerprint density at radius 2 is 2.04 bits per heavy atom. The minimum Gasteiger partial charge on any atom is -0.338 e. The van der Waals surface area contributed by atoms with Gasteiger partial charge in [-0.1, -0.05) is 20.8 Å². The van der Waals surface area contributed by atoms with Crippen LogP contribution in [0.15, 0.2) is 5.38 Å². The van der Waals surface area contributed by atoms with E-state index in [9.17, 15) is 9.59 Å². The molecule has 0 aliphatic carbocycles. The van der Waals surface area contributed by atoms with Gasteiger partial charge in [0.1, 0.15) is 0 Å². The highest BCUT2D eigenvalue weighted by molar-refractivity contribution is 7.13. The Kier molecular flexibility index (Phi) is 9.94. The highest BCUT2D eigenvalue weighted by atomic mass is 35.5. The first-order chi connectivity index (χ1) is 10.8. The largest absolute Gasteiger partial charge is 0.338 e. The highest BCUT2D eigenvalue weighted by Gasteiger charge is 2.26. The van der Waals surface area contributed by atoms with Crippen LogP contribution in [0, 0.1) is 5.41 Å². The molecule has 0 bridgehead atoms. The van der Waals surface area contributed by atoms with Crippen LogP contribution in [0.5, 0.6) is 0 Å². The second kappa shape index (κ2) is 10.3. The van der Waals surface area contributed by atoms with E-state index in [2.05, 4.69) is 10.3 Å². The van der Waals surface area contributed by atoms with Gasteiger partial charge in [-0.15, -0.1) is 36.2 Å². The summed E-state index contributed by atoms with van der Waals surface area (Å²) in [4.78, 5) is 30.7. The molecule has 0 saturated carbocycles. The predicted octanol–water partition coefficient (Wildman–Crippen LogP) is 2.85. The molecule has 3 N–H and O–H groups in total. The SMILES string of the molecule is CC(C)(C)C(=O)Nc1nc(CC(=O)N2CCCCC2CN)cs1.Cl.Cl. The number of halogens is 2. The molecule has 1 aliphatic rings. The number of carbonyl (C=O) groups excluding carboxylic acids is 2. The van der Waals surface area contributed by atoms with Gasteiger partial charge in [-0.05, 0) is 19.3 Å². The lowest BCUT2D eigenvalue weighted by Crippen LogP contribution is -2.48. The number of nitrogens with two attached hydrogens (primary N) is 1. The first kappa shape index (κ1) is 24.1. The number of nitrogens with zero attached hydrogens (tertiary/aromatic N) is 2. The van der Waals surface area contributed by atoms with E-state index in [1.807, 2.05) is 31.1 Å². The van der Waals surface area contributed by atoms with E-state index in [1.165, 1.54) is 11.3 Å². The Hall–Kier alpha value is -0.890. The Morgan fingerprint density at radius 3 is 2.64 bits per heavy atom. The number of piperidine rings is 1. The Labute approximate surface area is 165 Å². The first-order valence-electron chi connectivity index (χ1n) is 8.06. The monoisotopic (exact) mass is 410 g/mol. The summed E-state index contributed by atoms with van der Waals surface area (Å²) < 4.78 is 0. The van der Waals surface area contributed by atoms with Gasteiger partial charge in [-0.2, -0.15) is 0 Å². The summed E-state index contributed by atoms with van der Waals surface area (Å²) in [5.74, 6) is -0.0110. The van der Waals surface area contributed by atoms with Crippen molar-refractivity contribution in [2.45, 2.75) is 52.5 Å². The molecule has 0 spiro atoms. The molecule has 1 atom stereocenters. The van der Waals surface area contributed by atoms with E-state index in [1.54, 1.807) is 0 Å². The molecule has 1 aromatic heterocycles. The van der Waals surface area contributed by atoms with Gasteiger partial charge in [0, 0.05) is 29.9 Å². The Balaban J connectivity index is 0.00000288. The van der Waals surface area contributed by atoms with Gasteiger partial charge in [-0.25, -0.2) is 4.98 Å². The van der Waals surface area contributed by atoms with Crippen molar-refractivity contribution < 1.29 is 9.59 Å².